The molecule has 19 heavy (non-hydrogen) atoms. The van der Waals surface area contributed by atoms with Gasteiger partial charge in [0, 0.05) is 18.1 Å². The van der Waals surface area contributed by atoms with Crippen LogP contribution in [0.3, 0.4) is 0 Å². The molecular weight excluding hydrogens is 242 g/mol. The molecule has 0 fully saturated rings. The van der Waals surface area contributed by atoms with Gasteiger partial charge >= 0.3 is 5.97 Å². The molecule has 0 bridgehead atoms. The summed E-state index contributed by atoms with van der Waals surface area (Å²) in [6, 6.07) is 5.76. The fraction of sp³-hybridized carbons (Fsp3) is 0.333. The second-order valence-electron chi connectivity index (χ2n) is 5.96. The summed E-state index contributed by atoms with van der Waals surface area (Å²) in [5, 5.41) is 9.66. The van der Waals surface area contributed by atoms with Crippen LogP contribution in [-0.2, 0) is 17.8 Å². The lowest BCUT2D eigenvalue weighted by molar-refractivity contribution is -0.131. The highest BCUT2D eigenvalue weighted by Gasteiger charge is 2.30. The second-order valence-corrected chi connectivity index (χ2v) is 5.96. The maximum absolute atomic E-state index is 11.8. The van der Waals surface area contributed by atoms with Crippen LogP contribution in [0.25, 0.3) is 10.9 Å². The Kier molecular flexibility index (Phi) is 2.33. The number of nitrogens with zero attached hydrogens (tertiary/aromatic N) is 1. The molecule has 4 heteroatoms. The van der Waals surface area contributed by atoms with E-state index in [-0.39, 0.29) is 5.41 Å². The number of aromatic nitrogens is 1. The Bertz CT molecular complexity index is 709. The van der Waals surface area contributed by atoms with Crippen molar-refractivity contribution in [1.82, 2.24) is 4.57 Å². The molecule has 0 radical (unpaired) electrons. The molecule has 2 heterocycles. The summed E-state index contributed by atoms with van der Waals surface area (Å²) in [5.74, 6) is -2.23. The van der Waals surface area contributed by atoms with Crippen molar-refractivity contribution in [2.24, 2.45) is 5.41 Å². The van der Waals surface area contributed by atoms with Crippen molar-refractivity contribution in [3.63, 3.8) is 0 Å². The number of Topliss-reactive ketones (excluding diaryl/α,β-unsaturated/α-hetero) is 1. The van der Waals surface area contributed by atoms with Gasteiger partial charge in [0.2, 0.25) is 0 Å². The molecule has 2 aromatic rings. The van der Waals surface area contributed by atoms with E-state index >= 15 is 0 Å². The number of carboxylic acid groups (broad SMARTS) is 1. The number of para-hydroxylation sites is 1. The quantitative estimate of drug-likeness (QED) is 0.664. The number of hydrogen-bond acceptors (Lipinski definition) is 2. The van der Waals surface area contributed by atoms with Gasteiger partial charge < -0.3 is 9.67 Å². The van der Waals surface area contributed by atoms with Gasteiger partial charge in [-0.15, -0.1) is 0 Å². The summed E-state index contributed by atoms with van der Waals surface area (Å²) >= 11 is 0. The molecule has 1 aliphatic heterocycles. The number of carboxylic acids is 1. The molecule has 98 valence electrons. The summed E-state index contributed by atoms with van der Waals surface area (Å²) in [4.78, 5) is 22.7. The van der Waals surface area contributed by atoms with E-state index in [1.807, 2.05) is 16.7 Å². The molecular formula is C15H15NO3. The van der Waals surface area contributed by atoms with Gasteiger partial charge in [-0.2, -0.15) is 0 Å². The molecule has 0 atom stereocenters. The SMILES string of the molecule is CC1(C)Cc2cccc3c(C(=O)C(=O)O)cn(c23)C1. The smallest absolute Gasteiger partial charge is 0.377 e. The van der Waals surface area contributed by atoms with Crippen LogP contribution in [0, 0.1) is 5.41 Å². The van der Waals surface area contributed by atoms with Crippen LogP contribution in [0.1, 0.15) is 29.8 Å². The van der Waals surface area contributed by atoms with E-state index in [0.29, 0.717) is 5.56 Å². The zero-order valence-corrected chi connectivity index (χ0v) is 10.9. The van der Waals surface area contributed by atoms with Crippen molar-refractivity contribution >= 4 is 22.7 Å². The Hall–Kier alpha value is -2.10. The van der Waals surface area contributed by atoms with E-state index in [2.05, 4.69) is 19.9 Å². The number of rotatable bonds is 2. The monoisotopic (exact) mass is 257 g/mol. The molecule has 3 rings (SSSR count). The van der Waals surface area contributed by atoms with Crippen LogP contribution >= 0.6 is 0 Å². The van der Waals surface area contributed by atoms with Gasteiger partial charge in [-0.1, -0.05) is 32.0 Å². The second kappa shape index (κ2) is 3.70. The Labute approximate surface area is 110 Å². The summed E-state index contributed by atoms with van der Waals surface area (Å²) in [5.41, 5.74) is 2.59. The third kappa shape index (κ3) is 1.75. The molecule has 0 amide bonds. The topological polar surface area (TPSA) is 59.3 Å². The minimum atomic E-state index is -1.40. The van der Waals surface area contributed by atoms with Crippen LogP contribution in [0.4, 0.5) is 0 Å². The molecule has 0 saturated carbocycles. The largest absolute Gasteiger partial charge is 0.475 e. The zero-order valence-electron chi connectivity index (χ0n) is 10.9. The first-order valence-electron chi connectivity index (χ1n) is 6.27. The lowest BCUT2D eigenvalue weighted by Crippen LogP contribution is -2.26. The van der Waals surface area contributed by atoms with Gasteiger partial charge in [-0.05, 0) is 17.4 Å². The predicted molar refractivity (Wildman–Crippen MR) is 71.4 cm³/mol. The molecule has 0 spiro atoms. The van der Waals surface area contributed by atoms with Gasteiger partial charge in [0.15, 0.2) is 0 Å². The maximum Gasteiger partial charge on any atom is 0.377 e. The lowest BCUT2D eigenvalue weighted by Gasteiger charge is -2.31. The summed E-state index contributed by atoms with van der Waals surface area (Å²) in [7, 11) is 0. The molecule has 1 aliphatic rings. The normalized spacial score (nSPS) is 16.5. The van der Waals surface area contributed by atoms with Crippen molar-refractivity contribution in [1.29, 1.82) is 0 Å². The number of benzene rings is 1. The Balaban J connectivity index is 2.29. The first kappa shape index (κ1) is 12.0. The van der Waals surface area contributed by atoms with Gasteiger partial charge in [0.1, 0.15) is 0 Å². The number of hydrogen-bond donors (Lipinski definition) is 1. The van der Waals surface area contributed by atoms with Crippen LogP contribution in [0.5, 0.6) is 0 Å². The lowest BCUT2D eigenvalue weighted by atomic mass is 9.82. The van der Waals surface area contributed by atoms with Crippen molar-refractivity contribution in [3.05, 3.63) is 35.5 Å². The fourth-order valence-electron chi connectivity index (χ4n) is 3.03. The first-order chi connectivity index (χ1) is 8.89. The zero-order chi connectivity index (χ0) is 13.8. The summed E-state index contributed by atoms with van der Waals surface area (Å²) in [6.45, 7) is 5.15. The third-order valence-corrected chi connectivity index (χ3v) is 3.69. The Morgan fingerprint density at radius 3 is 2.74 bits per heavy atom. The predicted octanol–water partition coefficient (Wildman–Crippen LogP) is 2.49. The van der Waals surface area contributed by atoms with E-state index in [0.717, 1.165) is 23.9 Å². The summed E-state index contributed by atoms with van der Waals surface area (Å²) < 4.78 is 2.02. The Morgan fingerprint density at radius 1 is 1.32 bits per heavy atom. The van der Waals surface area contributed by atoms with Crippen LogP contribution in [-0.4, -0.2) is 21.4 Å². The highest BCUT2D eigenvalue weighted by molar-refractivity contribution is 6.42. The third-order valence-electron chi connectivity index (χ3n) is 3.69. The molecule has 0 aliphatic carbocycles. The van der Waals surface area contributed by atoms with E-state index in [1.165, 1.54) is 5.56 Å². The van der Waals surface area contributed by atoms with Gasteiger partial charge in [0.25, 0.3) is 5.78 Å². The molecule has 4 nitrogen and oxygen atoms in total. The van der Waals surface area contributed by atoms with Gasteiger partial charge in [0.05, 0.1) is 11.1 Å². The van der Waals surface area contributed by atoms with Crippen molar-refractivity contribution in [2.45, 2.75) is 26.8 Å². The Morgan fingerprint density at radius 2 is 2.05 bits per heavy atom. The highest BCUT2D eigenvalue weighted by Crippen LogP contribution is 2.36. The molecule has 1 aromatic carbocycles. The van der Waals surface area contributed by atoms with Crippen molar-refractivity contribution in [3.8, 4) is 0 Å². The minimum Gasteiger partial charge on any atom is -0.475 e. The van der Waals surface area contributed by atoms with E-state index in [9.17, 15) is 9.59 Å². The number of carbonyl (C=O) groups is 2. The maximum atomic E-state index is 11.8. The molecule has 1 aromatic heterocycles. The van der Waals surface area contributed by atoms with E-state index in [1.54, 1.807) is 6.20 Å². The van der Waals surface area contributed by atoms with E-state index < -0.39 is 11.8 Å². The van der Waals surface area contributed by atoms with E-state index in [4.69, 9.17) is 5.11 Å². The number of carbonyl (C=O) groups excluding carboxylic acids is 1. The first-order valence-corrected chi connectivity index (χ1v) is 6.27. The fourth-order valence-corrected chi connectivity index (χ4v) is 3.03. The summed E-state index contributed by atoms with van der Waals surface area (Å²) in [6.07, 6.45) is 2.63. The van der Waals surface area contributed by atoms with Crippen LogP contribution in [0.2, 0.25) is 0 Å². The standard InChI is InChI=1S/C15H15NO3/c1-15(2)6-9-4-3-5-10-11(13(17)14(18)19)7-16(8-15)12(9)10/h3-5,7H,6,8H2,1-2H3,(H,18,19). The number of ketones is 1. The average Bonchev–Trinajstić information content (AvgIpc) is 2.67. The molecule has 0 unspecified atom stereocenters. The van der Waals surface area contributed by atoms with Gasteiger partial charge in [-0.3, -0.25) is 4.79 Å². The van der Waals surface area contributed by atoms with Gasteiger partial charge in [-0.25, -0.2) is 4.79 Å². The molecule has 0 saturated heterocycles. The van der Waals surface area contributed by atoms with Crippen molar-refractivity contribution in [2.75, 3.05) is 0 Å². The molecule has 1 N–H and O–H groups in total. The highest BCUT2D eigenvalue weighted by atomic mass is 16.4. The minimum absolute atomic E-state index is 0.115. The van der Waals surface area contributed by atoms with Crippen molar-refractivity contribution < 1.29 is 14.7 Å². The van der Waals surface area contributed by atoms with Crippen LogP contribution < -0.4 is 0 Å². The number of aliphatic carboxylic acids is 1. The van der Waals surface area contributed by atoms with Crippen LogP contribution in [0.15, 0.2) is 24.4 Å². The average molecular weight is 257 g/mol.